The van der Waals surface area contributed by atoms with Crippen molar-refractivity contribution in [3.05, 3.63) is 51.9 Å². The van der Waals surface area contributed by atoms with Gasteiger partial charge in [-0.1, -0.05) is 13.0 Å². The Morgan fingerprint density at radius 1 is 1.18 bits per heavy atom. The number of rotatable bonds is 4. The number of aromatic nitrogens is 2. The molecule has 1 heterocycles. The second-order valence-corrected chi connectivity index (χ2v) is 4.67. The number of H-pyrrole nitrogens is 1. The first-order valence-electron chi connectivity index (χ1n) is 6.77. The molecular formula is C15H16N4O3. The molecule has 114 valence electrons. The minimum absolute atomic E-state index is 0.103. The maximum Gasteiger partial charge on any atom is 0.276 e. The van der Waals surface area contributed by atoms with E-state index in [1.54, 1.807) is 12.1 Å². The van der Waals surface area contributed by atoms with Gasteiger partial charge in [0.05, 0.1) is 0 Å². The highest BCUT2D eigenvalue weighted by Gasteiger charge is 2.11. The van der Waals surface area contributed by atoms with Crippen LogP contribution in [0.3, 0.4) is 0 Å². The first-order chi connectivity index (χ1) is 10.5. The molecule has 7 nitrogen and oxygen atoms in total. The van der Waals surface area contributed by atoms with Crippen LogP contribution < -0.4 is 16.2 Å². The van der Waals surface area contributed by atoms with Crippen molar-refractivity contribution in [2.75, 3.05) is 10.6 Å². The molecule has 7 heteroatoms. The van der Waals surface area contributed by atoms with Crippen molar-refractivity contribution in [2.45, 2.75) is 20.3 Å². The molecule has 3 N–H and O–H groups in total. The molecule has 0 radical (unpaired) electrons. The van der Waals surface area contributed by atoms with E-state index in [1.807, 2.05) is 13.0 Å². The van der Waals surface area contributed by atoms with Gasteiger partial charge in [0.2, 0.25) is 5.91 Å². The Hall–Kier alpha value is -2.96. The van der Waals surface area contributed by atoms with E-state index < -0.39 is 5.91 Å². The van der Waals surface area contributed by atoms with Crippen LogP contribution >= 0.6 is 0 Å². The van der Waals surface area contributed by atoms with Crippen LogP contribution in [0, 0.1) is 0 Å². The molecule has 0 fully saturated rings. The average molecular weight is 300 g/mol. The second kappa shape index (κ2) is 6.66. The summed E-state index contributed by atoms with van der Waals surface area (Å²) in [4.78, 5) is 34.2. The number of nitrogens with one attached hydrogen (secondary N) is 3. The number of anilines is 2. The summed E-state index contributed by atoms with van der Waals surface area (Å²) >= 11 is 0. The van der Waals surface area contributed by atoms with E-state index in [2.05, 4.69) is 20.8 Å². The first-order valence-corrected chi connectivity index (χ1v) is 6.77. The fraction of sp³-hybridized carbons (Fsp3) is 0.200. The third-order valence-electron chi connectivity index (χ3n) is 2.97. The number of amides is 2. The van der Waals surface area contributed by atoms with Gasteiger partial charge in [-0.05, 0) is 30.2 Å². The van der Waals surface area contributed by atoms with E-state index >= 15 is 0 Å². The average Bonchev–Trinajstić information content (AvgIpc) is 2.47. The van der Waals surface area contributed by atoms with Gasteiger partial charge < -0.3 is 10.6 Å². The minimum atomic E-state index is -0.439. The van der Waals surface area contributed by atoms with Gasteiger partial charge in [-0.25, -0.2) is 5.10 Å². The molecule has 22 heavy (non-hydrogen) atoms. The summed E-state index contributed by atoms with van der Waals surface area (Å²) in [6, 6.07) is 7.87. The van der Waals surface area contributed by atoms with E-state index in [4.69, 9.17) is 0 Å². The number of hydrogen-bond acceptors (Lipinski definition) is 4. The minimum Gasteiger partial charge on any atom is -0.326 e. The molecule has 0 unspecified atom stereocenters. The number of carbonyl (C=O) groups excluding carboxylic acids is 2. The molecule has 2 amide bonds. The van der Waals surface area contributed by atoms with Gasteiger partial charge in [0, 0.05) is 24.4 Å². The third kappa shape index (κ3) is 3.78. The number of aromatic amines is 1. The topological polar surface area (TPSA) is 104 Å². The number of aryl methyl sites for hydroxylation is 1. The molecule has 2 rings (SSSR count). The summed E-state index contributed by atoms with van der Waals surface area (Å²) in [5.74, 6) is -0.630. The van der Waals surface area contributed by atoms with Gasteiger partial charge >= 0.3 is 0 Å². The zero-order valence-corrected chi connectivity index (χ0v) is 12.3. The van der Waals surface area contributed by atoms with Crippen LogP contribution in [0.2, 0.25) is 0 Å². The SMILES string of the molecule is CCc1ccc(NC(C)=O)cc1NC(=O)c1ccc(=O)[nH]n1. The quantitative estimate of drug-likeness (QED) is 0.796. The van der Waals surface area contributed by atoms with Crippen molar-refractivity contribution < 1.29 is 9.59 Å². The second-order valence-electron chi connectivity index (χ2n) is 4.67. The summed E-state index contributed by atoms with van der Waals surface area (Å²) in [7, 11) is 0. The molecule has 2 aromatic rings. The van der Waals surface area contributed by atoms with Crippen molar-refractivity contribution >= 4 is 23.2 Å². The van der Waals surface area contributed by atoms with Crippen molar-refractivity contribution in [3.8, 4) is 0 Å². The molecule has 0 atom stereocenters. The summed E-state index contributed by atoms with van der Waals surface area (Å²) in [5, 5.41) is 11.3. The fourth-order valence-corrected chi connectivity index (χ4v) is 1.94. The Balaban J connectivity index is 2.26. The lowest BCUT2D eigenvalue weighted by molar-refractivity contribution is -0.114. The van der Waals surface area contributed by atoms with Gasteiger partial charge in [-0.15, -0.1) is 0 Å². The van der Waals surface area contributed by atoms with E-state index in [1.165, 1.54) is 19.1 Å². The Kier molecular flexibility index (Phi) is 4.67. The van der Waals surface area contributed by atoms with Crippen LogP contribution in [0.1, 0.15) is 29.9 Å². The maximum atomic E-state index is 12.1. The van der Waals surface area contributed by atoms with Crippen molar-refractivity contribution in [1.82, 2.24) is 10.2 Å². The van der Waals surface area contributed by atoms with Crippen molar-refractivity contribution in [1.29, 1.82) is 0 Å². The molecule has 0 saturated heterocycles. The fourth-order valence-electron chi connectivity index (χ4n) is 1.94. The molecule has 0 saturated carbocycles. The third-order valence-corrected chi connectivity index (χ3v) is 2.97. The predicted octanol–water partition coefficient (Wildman–Crippen LogP) is 1.54. The van der Waals surface area contributed by atoms with E-state index in [0.717, 1.165) is 12.0 Å². The first kappa shape index (κ1) is 15.4. The molecule has 0 aliphatic carbocycles. The van der Waals surface area contributed by atoms with Crippen LogP contribution in [-0.2, 0) is 11.2 Å². The highest BCUT2D eigenvalue weighted by Crippen LogP contribution is 2.22. The monoisotopic (exact) mass is 300 g/mol. The zero-order chi connectivity index (χ0) is 16.1. The van der Waals surface area contributed by atoms with Gasteiger partial charge in [0.1, 0.15) is 5.69 Å². The standard InChI is InChI=1S/C15H16N4O3/c1-3-10-4-5-11(16-9(2)20)8-13(10)17-15(22)12-6-7-14(21)19-18-12/h4-8H,3H2,1-2H3,(H,16,20)(H,17,22)(H,19,21). The van der Waals surface area contributed by atoms with E-state index in [0.29, 0.717) is 11.4 Å². The molecule has 1 aromatic carbocycles. The largest absolute Gasteiger partial charge is 0.326 e. The Morgan fingerprint density at radius 3 is 2.55 bits per heavy atom. The van der Waals surface area contributed by atoms with E-state index in [9.17, 15) is 14.4 Å². The number of hydrogen-bond donors (Lipinski definition) is 3. The summed E-state index contributed by atoms with van der Waals surface area (Å²) in [5.41, 5.74) is 1.83. The maximum absolute atomic E-state index is 12.1. The van der Waals surface area contributed by atoms with Crippen LogP contribution in [0.15, 0.2) is 35.1 Å². The van der Waals surface area contributed by atoms with Crippen LogP contribution in [-0.4, -0.2) is 22.0 Å². The summed E-state index contributed by atoms with van der Waals surface area (Å²) in [6.07, 6.45) is 0.717. The number of nitrogens with zero attached hydrogens (tertiary/aromatic N) is 1. The van der Waals surface area contributed by atoms with Crippen molar-refractivity contribution in [3.63, 3.8) is 0 Å². The molecule has 1 aromatic heterocycles. The van der Waals surface area contributed by atoms with Gasteiger partial charge in [-0.3, -0.25) is 14.4 Å². The summed E-state index contributed by atoms with van der Waals surface area (Å²) < 4.78 is 0. The molecule has 0 aliphatic rings. The molecule has 0 aliphatic heterocycles. The Bertz CT molecular complexity index is 747. The highest BCUT2D eigenvalue weighted by molar-refractivity contribution is 6.03. The van der Waals surface area contributed by atoms with Crippen LogP contribution in [0.4, 0.5) is 11.4 Å². The van der Waals surface area contributed by atoms with Gasteiger partial charge in [-0.2, -0.15) is 5.10 Å². The lowest BCUT2D eigenvalue weighted by atomic mass is 10.1. The smallest absolute Gasteiger partial charge is 0.276 e. The lowest BCUT2D eigenvalue weighted by Gasteiger charge is -2.12. The summed E-state index contributed by atoms with van der Waals surface area (Å²) in [6.45, 7) is 3.37. The lowest BCUT2D eigenvalue weighted by Crippen LogP contribution is -2.18. The Morgan fingerprint density at radius 2 is 1.95 bits per heavy atom. The highest BCUT2D eigenvalue weighted by atomic mass is 16.2. The van der Waals surface area contributed by atoms with Crippen LogP contribution in [0.5, 0.6) is 0 Å². The Labute approximate surface area is 126 Å². The zero-order valence-electron chi connectivity index (χ0n) is 12.3. The molecular weight excluding hydrogens is 284 g/mol. The molecule has 0 bridgehead atoms. The predicted molar refractivity (Wildman–Crippen MR) is 82.9 cm³/mol. The van der Waals surface area contributed by atoms with E-state index in [-0.39, 0.29) is 17.2 Å². The van der Waals surface area contributed by atoms with Gasteiger partial charge in [0.25, 0.3) is 11.5 Å². The van der Waals surface area contributed by atoms with Crippen LogP contribution in [0.25, 0.3) is 0 Å². The molecule has 0 spiro atoms. The number of carbonyl (C=O) groups is 2. The van der Waals surface area contributed by atoms with Gasteiger partial charge in [0.15, 0.2) is 0 Å². The normalized spacial score (nSPS) is 10.1. The number of benzene rings is 1. The van der Waals surface area contributed by atoms with Crippen molar-refractivity contribution in [2.24, 2.45) is 0 Å².